The van der Waals surface area contributed by atoms with Gasteiger partial charge in [-0.05, 0) is 12.3 Å². The van der Waals surface area contributed by atoms with E-state index >= 15 is 0 Å². The normalized spacial score (nSPS) is 12.2. The maximum atomic E-state index is 11.5. The fraction of sp³-hybridized carbons (Fsp3) is 0.615. The molecule has 112 valence electrons. The number of amides is 2. The SMILES string of the molecule is CC(C)C(CNC(=O)NCCCn1ccnc1)C(=O)O. The van der Waals surface area contributed by atoms with Gasteiger partial charge in [0.1, 0.15) is 0 Å². The lowest BCUT2D eigenvalue weighted by Gasteiger charge is -2.17. The quantitative estimate of drug-likeness (QED) is 0.618. The predicted molar refractivity (Wildman–Crippen MR) is 74.2 cm³/mol. The molecular formula is C13H22N4O3. The van der Waals surface area contributed by atoms with Crippen LogP contribution >= 0.6 is 0 Å². The van der Waals surface area contributed by atoms with Gasteiger partial charge < -0.3 is 20.3 Å². The summed E-state index contributed by atoms with van der Waals surface area (Å²) in [4.78, 5) is 26.4. The van der Waals surface area contributed by atoms with E-state index in [1.807, 2.05) is 24.6 Å². The average molecular weight is 282 g/mol. The molecule has 0 aliphatic heterocycles. The number of aromatic nitrogens is 2. The molecule has 7 nitrogen and oxygen atoms in total. The van der Waals surface area contributed by atoms with Gasteiger partial charge in [-0.1, -0.05) is 13.8 Å². The van der Waals surface area contributed by atoms with E-state index < -0.39 is 11.9 Å². The number of nitrogens with zero attached hydrogens (tertiary/aromatic N) is 2. The molecule has 1 aromatic heterocycles. The van der Waals surface area contributed by atoms with Gasteiger partial charge in [-0.25, -0.2) is 9.78 Å². The molecule has 0 aliphatic carbocycles. The Balaban J connectivity index is 2.15. The molecule has 0 fully saturated rings. The highest BCUT2D eigenvalue weighted by Gasteiger charge is 2.21. The van der Waals surface area contributed by atoms with Crippen LogP contribution in [0, 0.1) is 11.8 Å². The van der Waals surface area contributed by atoms with Crippen LogP contribution in [0.25, 0.3) is 0 Å². The highest BCUT2D eigenvalue weighted by atomic mass is 16.4. The zero-order valence-corrected chi connectivity index (χ0v) is 11.9. The van der Waals surface area contributed by atoms with E-state index in [1.165, 1.54) is 0 Å². The Hall–Kier alpha value is -2.05. The minimum atomic E-state index is -0.889. The molecule has 1 rings (SSSR count). The van der Waals surface area contributed by atoms with Crippen molar-refractivity contribution in [1.29, 1.82) is 0 Å². The summed E-state index contributed by atoms with van der Waals surface area (Å²) in [6, 6.07) is -0.331. The molecule has 0 saturated heterocycles. The zero-order valence-electron chi connectivity index (χ0n) is 11.9. The monoisotopic (exact) mass is 282 g/mol. The van der Waals surface area contributed by atoms with Gasteiger partial charge in [0.25, 0.3) is 0 Å². The van der Waals surface area contributed by atoms with Crippen LogP contribution in [0.3, 0.4) is 0 Å². The summed E-state index contributed by atoms with van der Waals surface area (Å²) in [5, 5.41) is 14.3. The van der Waals surface area contributed by atoms with E-state index in [0.717, 1.165) is 13.0 Å². The third-order valence-corrected chi connectivity index (χ3v) is 3.04. The minimum Gasteiger partial charge on any atom is -0.481 e. The fourth-order valence-corrected chi connectivity index (χ4v) is 1.76. The third-order valence-electron chi connectivity index (χ3n) is 3.04. The van der Waals surface area contributed by atoms with Gasteiger partial charge in [-0.15, -0.1) is 0 Å². The number of hydrogen-bond donors (Lipinski definition) is 3. The molecule has 3 N–H and O–H groups in total. The molecule has 1 aromatic rings. The maximum Gasteiger partial charge on any atom is 0.314 e. The third kappa shape index (κ3) is 5.73. The second-order valence-corrected chi connectivity index (χ2v) is 4.98. The smallest absolute Gasteiger partial charge is 0.314 e. The Bertz CT molecular complexity index is 417. The molecule has 1 unspecified atom stereocenters. The zero-order chi connectivity index (χ0) is 15.0. The average Bonchev–Trinajstić information content (AvgIpc) is 2.87. The molecule has 0 spiro atoms. The molecule has 1 atom stereocenters. The number of carbonyl (C=O) groups is 2. The number of nitrogens with one attached hydrogen (secondary N) is 2. The van der Waals surface area contributed by atoms with E-state index in [2.05, 4.69) is 15.6 Å². The molecule has 0 bridgehead atoms. The number of rotatable bonds is 8. The van der Waals surface area contributed by atoms with Crippen LogP contribution in [0.1, 0.15) is 20.3 Å². The number of urea groups is 1. The molecule has 1 heterocycles. The first kappa shape index (κ1) is 16.0. The van der Waals surface area contributed by atoms with Crippen LogP contribution in [-0.2, 0) is 11.3 Å². The molecule has 2 amide bonds. The number of aryl methyl sites for hydroxylation is 1. The molecule has 0 radical (unpaired) electrons. The van der Waals surface area contributed by atoms with Gasteiger partial charge in [0.2, 0.25) is 0 Å². The van der Waals surface area contributed by atoms with Crippen molar-refractivity contribution in [1.82, 2.24) is 20.2 Å². The summed E-state index contributed by atoms with van der Waals surface area (Å²) in [5.41, 5.74) is 0. The van der Waals surface area contributed by atoms with Crippen LogP contribution in [0.2, 0.25) is 0 Å². The Labute approximate surface area is 118 Å². The first-order valence-electron chi connectivity index (χ1n) is 6.71. The van der Waals surface area contributed by atoms with Gasteiger partial charge in [-0.3, -0.25) is 4.79 Å². The van der Waals surface area contributed by atoms with Crippen molar-refractivity contribution in [3.63, 3.8) is 0 Å². The summed E-state index contributed by atoms with van der Waals surface area (Å²) < 4.78 is 1.93. The van der Waals surface area contributed by atoms with E-state index in [9.17, 15) is 9.59 Å². The van der Waals surface area contributed by atoms with E-state index in [-0.39, 0.29) is 18.5 Å². The van der Waals surface area contributed by atoms with Crippen LogP contribution in [0.5, 0.6) is 0 Å². The van der Waals surface area contributed by atoms with Crippen LogP contribution < -0.4 is 10.6 Å². The Morgan fingerprint density at radius 2 is 2.10 bits per heavy atom. The number of aliphatic carboxylic acids is 1. The van der Waals surface area contributed by atoms with Crippen molar-refractivity contribution in [2.24, 2.45) is 11.8 Å². The van der Waals surface area contributed by atoms with Crippen molar-refractivity contribution in [3.05, 3.63) is 18.7 Å². The Kier molecular flexibility index (Phi) is 6.55. The topological polar surface area (TPSA) is 96.3 Å². The van der Waals surface area contributed by atoms with Crippen LogP contribution in [0.15, 0.2) is 18.7 Å². The number of carbonyl (C=O) groups excluding carboxylic acids is 1. The lowest BCUT2D eigenvalue weighted by atomic mass is 9.96. The lowest BCUT2D eigenvalue weighted by Crippen LogP contribution is -2.41. The second-order valence-electron chi connectivity index (χ2n) is 4.98. The van der Waals surface area contributed by atoms with Crippen molar-refractivity contribution < 1.29 is 14.7 Å². The van der Waals surface area contributed by atoms with Gasteiger partial charge in [-0.2, -0.15) is 0 Å². The van der Waals surface area contributed by atoms with Crippen LogP contribution in [-0.4, -0.2) is 39.7 Å². The lowest BCUT2D eigenvalue weighted by molar-refractivity contribution is -0.142. The summed E-state index contributed by atoms with van der Waals surface area (Å²) in [7, 11) is 0. The molecular weight excluding hydrogens is 260 g/mol. The van der Waals surface area contributed by atoms with Gasteiger partial charge in [0, 0.05) is 32.0 Å². The Morgan fingerprint density at radius 3 is 2.65 bits per heavy atom. The van der Waals surface area contributed by atoms with Crippen molar-refractivity contribution in [2.45, 2.75) is 26.8 Å². The van der Waals surface area contributed by atoms with E-state index in [1.54, 1.807) is 12.5 Å². The summed E-state index contributed by atoms with van der Waals surface area (Å²) in [6.07, 6.45) is 6.08. The number of imidazole rings is 1. The highest BCUT2D eigenvalue weighted by Crippen LogP contribution is 2.09. The minimum absolute atomic E-state index is 0.0194. The standard InChI is InChI=1S/C13H22N4O3/c1-10(2)11(12(18)19)8-16-13(20)15-4-3-6-17-7-5-14-9-17/h5,7,9-11H,3-4,6,8H2,1-2H3,(H,18,19)(H2,15,16,20). The first-order valence-corrected chi connectivity index (χ1v) is 6.71. The summed E-state index contributed by atoms with van der Waals surface area (Å²) in [5.74, 6) is -1.47. The summed E-state index contributed by atoms with van der Waals surface area (Å²) >= 11 is 0. The largest absolute Gasteiger partial charge is 0.481 e. The number of carboxylic acids is 1. The maximum absolute atomic E-state index is 11.5. The molecule has 0 aromatic carbocycles. The van der Waals surface area contributed by atoms with E-state index in [4.69, 9.17) is 5.11 Å². The highest BCUT2D eigenvalue weighted by molar-refractivity contribution is 5.75. The summed E-state index contributed by atoms with van der Waals surface area (Å²) in [6.45, 7) is 5.10. The fourth-order valence-electron chi connectivity index (χ4n) is 1.76. The first-order chi connectivity index (χ1) is 9.50. The number of carboxylic acid groups (broad SMARTS) is 1. The van der Waals surface area contributed by atoms with Gasteiger partial charge in [0.05, 0.1) is 12.2 Å². The molecule has 7 heteroatoms. The van der Waals surface area contributed by atoms with Crippen molar-refractivity contribution in [2.75, 3.05) is 13.1 Å². The molecule has 0 aliphatic rings. The number of hydrogen-bond acceptors (Lipinski definition) is 3. The van der Waals surface area contributed by atoms with Gasteiger partial charge in [0.15, 0.2) is 0 Å². The predicted octanol–water partition coefficient (Wildman–Crippen LogP) is 0.929. The molecule has 0 saturated carbocycles. The molecule has 20 heavy (non-hydrogen) atoms. The second kappa shape index (κ2) is 8.19. The van der Waals surface area contributed by atoms with Crippen molar-refractivity contribution in [3.8, 4) is 0 Å². The van der Waals surface area contributed by atoms with E-state index in [0.29, 0.717) is 6.54 Å². The van der Waals surface area contributed by atoms with Gasteiger partial charge >= 0.3 is 12.0 Å². The van der Waals surface area contributed by atoms with Crippen LogP contribution in [0.4, 0.5) is 4.79 Å². The van der Waals surface area contributed by atoms with Crippen molar-refractivity contribution >= 4 is 12.0 Å². The Morgan fingerprint density at radius 1 is 1.35 bits per heavy atom.